The molecule has 1 aromatic rings. The third kappa shape index (κ3) is 5.32. The lowest BCUT2D eigenvalue weighted by molar-refractivity contribution is -0.116. The summed E-state index contributed by atoms with van der Waals surface area (Å²) in [6, 6.07) is 2.05. The van der Waals surface area contributed by atoms with E-state index in [1.807, 2.05) is 20.2 Å². The average Bonchev–Trinajstić information content (AvgIpc) is 2.81. The van der Waals surface area contributed by atoms with Gasteiger partial charge in [-0.05, 0) is 32.9 Å². The van der Waals surface area contributed by atoms with Gasteiger partial charge in [0.2, 0.25) is 5.91 Å². The topological polar surface area (TPSA) is 59.0 Å². The maximum absolute atomic E-state index is 11.8. The van der Waals surface area contributed by atoms with Crippen molar-refractivity contribution in [2.45, 2.75) is 50.9 Å². The number of halogens is 1. The summed E-state index contributed by atoms with van der Waals surface area (Å²) in [5, 5.41) is 10.6. The van der Waals surface area contributed by atoms with Crippen molar-refractivity contribution in [1.82, 2.24) is 15.1 Å². The Hall–Kier alpha value is -1.07. The second-order valence-corrected chi connectivity index (χ2v) is 5.67. The Morgan fingerprint density at radius 3 is 2.76 bits per heavy atom. The summed E-state index contributed by atoms with van der Waals surface area (Å²) in [7, 11) is 3.80. The number of hydrogen-bond acceptors (Lipinski definition) is 3. The number of rotatable bonds is 6. The molecule has 0 bridgehead atoms. The van der Waals surface area contributed by atoms with Crippen LogP contribution in [0.25, 0.3) is 0 Å². The number of nitrogens with zero attached hydrogens (tertiary/aromatic N) is 2. The summed E-state index contributed by atoms with van der Waals surface area (Å²) in [5.74, 6) is 1.46. The summed E-state index contributed by atoms with van der Waals surface area (Å²) in [6.07, 6.45) is 7.80. The van der Waals surface area contributed by atoms with Crippen LogP contribution >= 0.6 is 12.4 Å². The number of carbonyl (C=O) groups is 1. The quantitative estimate of drug-likeness (QED) is 0.794. The maximum Gasteiger partial charge on any atom is 0.225 e. The Morgan fingerprint density at radius 2 is 2.10 bits per heavy atom. The molecule has 0 saturated heterocycles. The van der Waals surface area contributed by atoms with Crippen molar-refractivity contribution < 1.29 is 4.79 Å². The van der Waals surface area contributed by atoms with Gasteiger partial charge in [0.15, 0.2) is 0 Å². The van der Waals surface area contributed by atoms with E-state index in [0.717, 1.165) is 24.5 Å². The molecule has 2 rings (SSSR count). The van der Waals surface area contributed by atoms with E-state index in [0.29, 0.717) is 12.3 Å². The van der Waals surface area contributed by atoms with Gasteiger partial charge < -0.3 is 10.6 Å². The van der Waals surface area contributed by atoms with E-state index in [2.05, 4.69) is 15.7 Å². The molecule has 21 heavy (non-hydrogen) atoms. The molecule has 0 atom stereocenters. The van der Waals surface area contributed by atoms with Crippen molar-refractivity contribution in [3.63, 3.8) is 0 Å². The van der Waals surface area contributed by atoms with Crippen molar-refractivity contribution in [3.05, 3.63) is 11.8 Å². The minimum Gasteiger partial charge on any atom is -0.320 e. The second kappa shape index (κ2) is 9.05. The monoisotopic (exact) mass is 314 g/mol. The molecule has 1 fully saturated rings. The Morgan fingerprint density at radius 1 is 1.38 bits per heavy atom. The average molecular weight is 315 g/mol. The molecule has 0 unspecified atom stereocenters. The van der Waals surface area contributed by atoms with Gasteiger partial charge in [-0.3, -0.25) is 9.48 Å². The minimum atomic E-state index is 0. The third-order valence-corrected chi connectivity index (χ3v) is 4.02. The van der Waals surface area contributed by atoms with Gasteiger partial charge in [-0.25, -0.2) is 0 Å². The lowest BCUT2D eigenvalue weighted by Crippen LogP contribution is -2.16. The van der Waals surface area contributed by atoms with Crippen LogP contribution in [-0.4, -0.2) is 29.3 Å². The first-order valence-corrected chi connectivity index (χ1v) is 7.69. The van der Waals surface area contributed by atoms with Crippen LogP contribution in [0.5, 0.6) is 0 Å². The number of hydrogen-bond donors (Lipinski definition) is 2. The molecule has 0 aromatic carbocycles. The molecule has 5 nitrogen and oxygen atoms in total. The summed E-state index contributed by atoms with van der Waals surface area (Å²) in [5.41, 5.74) is 1.14. The highest BCUT2D eigenvalue weighted by Gasteiger charge is 2.19. The second-order valence-electron chi connectivity index (χ2n) is 5.67. The molecule has 0 radical (unpaired) electrons. The van der Waals surface area contributed by atoms with E-state index < -0.39 is 0 Å². The van der Waals surface area contributed by atoms with Crippen LogP contribution in [0.1, 0.15) is 56.6 Å². The summed E-state index contributed by atoms with van der Waals surface area (Å²) < 4.78 is 1.79. The van der Waals surface area contributed by atoms with Crippen molar-refractivity contribution in [2.75, 3.05) is 18.9 Å². The lowest BCUT2D eigenvalue weighted by atomic mass is 9.87. The molecule has 1 aliphatic rings. The van der Waals surface area contributed by atoms with Crippen LogP contribution < -0.4 is 10.6 Å². The van der Waals surface area contributed by atoms with Crippen molar-refractivity contribution >= 4 is 24.1 Å². The minimum absolute atomic E-state index is 0. The molecule has 0 aliphatic heterocycles. The van der Waals surface area contributed by atoms with Gasteiger partial charge in [-0.1, -0.05) is 19.3 Å². The Kier molecular flexibility index (Phi) is 7.75. The normalized spacial score (nSPS) is 15.5. The van der Waals surface area contributed by atoms with Crippen molar-refractivity contribution in [1.29, 1.82) is 0 Å². The zero-order chi connectivity index (χ0) is 14.4. The van der Waals surface area contributed by atoms with Gasteiger partial charge in [0.1, 0.15) is 5.82 Å². The summed E-state index contributed by atoms with van der Waals surface area (Å²) >= 11 is 0. The van der Waals surface area contributed by atoms with Gasteiger partial charge in [0, 0.05) is 25.5 Å². The molecule has 0 spiro atoms. The van der Waals surface area contributed by atoms with E-state index in [1.165, 1.54) is 32.1 Å². The Bertz CT molecular complexity index is 441. The first-order chi connectivity index (χ1) is 9.70. The van der Waals surface area contributed by atoms with E-state index in [9.17, 15) is 4.79 Å². The highest BCUT2D eigenvalue weighted by atomic mass is 35.5. The van der Waals surface area contributed by atoms with Gasteiger partial charge in [-0.2, -0.15) is 5.10 Å². The van der Waals surface area contributed by atoms with Crippen LogP contribution in [0.4, 0.5) is 5.82 Å². The first kappa shape index (κ1) is 18.0. The number of nitrogens with one attached hydrogen (secondary N) is 2. The Labute approximate surface area is 133 Å². The van der Waals surface area contributed by atoms with Gasteiger partial charge in [0.05, 0.1) is 5.69 Å². The maximum atomic E-state index is 11.8. The predicted molar refractivity (Wildman–Crippen MR) is 88.1 cm³/mol. The van der Waals surface area contributed by atoms with Crippen LogP contribution in [0.3, 0.4) is 0 Å². The van der Waals surface area contributed by atoms with Crippen LogP contribution in [0.15, 0.2) is 6.07 Å². The fourth-order valence-electron chi connectivity index (χ4n) is 2.84. The number of carbonyl (C=O) groups excluding carboxylic acids is 1. The number of amides is 1. The lowest BCUT2D eigenvalue weighted by Gasteiger charge is -2.19. The van der Waals surface area contributed by atoms with Gasteiger partial charge in [0.25, 0.3) is 0 Å². The standard InChI is InChI=1S/C15H26N4O.ClH/c1-16-10-6-9-15(20)17-14-11-13(18-19(14)2)12-7-4-3-5-8-12;/h11-12,16H,3-10H2,1-2H3,(H,17,20);1H. The third-order valence-electron chi connectivity index (χ3n) is 4.02. The number of aryl methyl sites for hydroxylation is 1. The van der Waals surface area contributed by atoms with Crippen LogP contribution in [0.2, 0.25) is 0 Å². The number of aromatic nitrogens is 2. The smallest absolute Gasteiger partial charge is 0.225 e. The predicted octanol–water partition coefficient (Wildman–Crippen LogP) is 2.83. The molecule has 1 saturated carbocycles. The molecule has 120 valence electrons. The zero-order valence-corrected chi connectivity index (χ0v) is 13.8. The van der Waals surface area contributed by atoms with Crippen molar-refractivity contribution in [2.24, 2.45) is 7.05 Å². The summed E-state index contributed by atoms with van der Waals surface area (Å²) in [4.78, 5) is 11.8. The SMILES string of the molecule is CNCCCC(=O)Nc1cc(C2CCCCC2)nn1C.Cl. The van der Waals surface area contributed by atoms with E-state index in [-0.39, 0.29) is 18.3 Å². The molecular formula is C15H27ClN4O. The molecule has 6 heteroatoms. The first-order valence-electron chi connectivity index (χ1n) is 7.69. The molecule has 1 heterocycles. The van der Waals surface area contributed by atoms with E-state index in [4.69, 9.17) is 0 Å². The van der Waals surface area contributed by atoms with E-state index in [1.54, 1.807) is 4.68 Å². The molecule has 1 aliphatic carbocycles. The van der Waals surface area contributed by atoms with Gasteiger partial charge >= 0.3 is 0 Å². The zero-order valence-electron chi connectivity index (χ0n) is 13.0. The molecule has 2 N–H and O–H groups in total. The van der Waals surface area contributed by atoms with E-state index >= 15 is 0 Å². The molecule has 1 aromatic heterocycles. The summed E-state index contributed by atoms with van der Waals surface area (Å²) in [6.45, 7) is 0.867. The molecular weight excluding hydrogens is 288 g/mol. The fourth-order valence-corrected chi connectivity index (χ4v) is 2.84. The highest BCUT2D eigenvalue weighted by molar-refractivity contribution is 5.89. The molecule has 1 amide bonds. The van der Waals surface area contributed by atoms with Crippen molar-refractivity contribution in [3.8, 4) is 0 Å². The highest BCUT2D eigenvalue weighted by Crippen LogP contribution is 2.32. The van der Waals surface area contributed by atoms with Crippen LogP contribution in [0, 0.1) is 0 Å². The number of anilines is 1. The Balaban J connectivity index is 0.00000220. The largest absolute Gasteiger partial charge is 0.320 e. The van der Waals surface area contributed by atoms with Crippen LogP contribution in [-0.2, 0) is 11.8 Å². The fraction of sp³-hybridized carbons (Fsp3) is 0.733. The van der Waals surface area contributed by atoms with Gasteiger partial charge in [-0.15, -0.1) is 12.4 Å².